The normalized spacial score (nSPS) is 10.2. The highest BCUT2D eigenvalue weighted by Crippen LogP contribution is 2.03. The van der Waals surface area contributed by atoms with Crippen LogP contribution in [-0.4, -0.2) is 6.61 Å². The van der Waals surface area contributed by atoms with Crippen LogP contribution in [0.15, 0.2) is 27.6 Å². The van der Waals surface area contributed by atoms with E-state index in [1.807, 2.05) is 13.8 Å². The lowest BCUT2D eigenvalue weighted by Crippen LogP contribution is -2.10. The lowest BCUT2D eigenvalue weighted by Gasteiger charge is -2.05. The largest absolute Gasteiger partial charge is 0.486 e. The van der Waals surface area contributed by atoms with E-state index in [0.717, 1.165) is 0 Å². The Morgan fingerprint density at radius 2 is 2.33 bits per heavy atom. The summed E-state index contributed by atoms with van der Waals surface area (Å²) in [5.41, 5.74) is -0.418. The van der Waals surface area contributed by atoms with Crippen molar-refractivity contribution in [2.24, 2.45) is 5.92 Å². The quantitative estimate of drug-likeness (QED) is 0.689. The van der Waals surface area contributed by atoms with Gasteiger partial charge in [0.1, 0.15) is 0 Å². The van der Waals surface area contributed by atoms with Gasteiger partial charge in [0, 0.05) is 0 Å². The molecule has 3 nitrogen and oxygen atoms in total. The summed E-state index contributed by atoms with van der Waals surface area (Å²) < 4.78 is 9.80. The molecule has 0 atom stereocenters. The van der Waals surface area contributed by atoms with E-state index in [-0.39, 0.29) is 5.75 Å². The van der Waals surface area contributed by atoms with E-state index >= 15 is 0 Å². The first-order valence-corrected chi connectivity index (χ1v) is 3.91. The van der Waals surface area contributed by atoms with Crippen molar-refractivity contribution in [3.05, 3.63) is 28.8 Å². The van der Waals surface area contributed by atoms with Crippen molar-refractivity contribution in [2.45, 2.75) is 13.8 Å². The smallest absolute Gasteiger partial charge is 0.378 e. The maximum atomic E-state index is 10.9. The average Bonchev–Trinajstić information content (AvgIpc) is 2.03. The zero-order chi connectivity index (χ0) is 8.97. The highest BCUT2D eigenvalue weighted by Gasteiger charge is 2.01. The van der Waals surface area contributed by atoms with Gasteiger partial charge in [0.25, 0.3) is 0 Å². The maximum Gasteiger partial charge on any atom is 0.378 e. The van der Waals surface area contributed by atoms with E-state index in [1.54, 1.807) is 12.1 Å². The molecule has 1 aromatic rings. The number of ether oxygens (including phenoxy) is 1. The molecule has 1 aromatic heterocycles. The van der Waals surface area contributed by atoms with Crippen LogP contribution in [0.4, 0.5) is 0 Å². The van der Waals surface area contributed by atoms with Crippen LogP contribution in [0, 0.1) is 5.92 Å². The molecule has 0 aliphatic heterocycles. The minimum Gasteiger partial charge on any atom is -0.486 e. The second-order valence-corrected chi connectivity index (χ2v) is 2.97. The summed E-state index contributed by atoms with van der Waals surface area (Å²) in [6.07, 6.45) is 1.34. The Morgan fingerprint density at radius 3 is 2.92 bits per heavy atom. The van der Waals surface area contributed by atoms with E-state index in [2.05, 4.69) is 4.42 Å². The third kappa shape index (κ3) is 2.42. The summed E-state index contributed by atoms with van der Waals surface area (Å²) >= 11 is 0. The van der Waals surface area contributed by atoms with E-state index in [9.17, 15) is 4.79 Å². The van der Waals surface area contributed by atoms with Crippen LogP contribution >= 0.6 is 0 Å². The van der Waals surface area contributed by atoms with E-state index in [1.165, 1.54) is 6.26 Å². The molecule has 12 heavy (non-hydrogen) atoms. The van der Waals surface area contributed by atoms with E-state index < -0.39 is 5.63 Å². The molecule has 0 bridgehead atoms. The summed E-state index contributed by atoms with van der Waals surface area (Å²) in [7, 11) is 0. The van der Waals surface area contributed by atoms with Crippen molar-refractivity contribution in [3.8, 4) is 5.75 Å². The lowest BCUT2D eigenvalue weighted by molar-refractivity contribution is 0.258. The minimum absolute atomic E-state index is 0.284. The molecule has 0 unspecified atom stereocenters. The van der Waals surface area contributed by atoms with Gasteiger partial charge in [-0.15, -0.1) is 0 Å². The summed E-state index contributed by atoms with van der Waals surface area (Å²) in [5.74, 6) is 0.691. The molecule has 66 valence electrons. The molecule has 3 heteroatoms. The number of hydrogen-bond donors (Lipinski definition) is 0. The van der Waals surface area contributed by atoms with Gasteiger partial charge in [0.05, 0.1) is 12.9 Å². The van der Waals surface area contributed by atoms with E-state index in [4.69, 9.17) is 4.74 Å². The van der Waals surface area contributed by atoms with Gasteiger partial charge >= 0.3 is 5.63 Å². The van der Waals surface area contributed by atoms with Gasteiger partial charge in [-0.1, -0.05) is 13.8 Å². The summed E-state index contributed by atoms with van der Waals surface area (Å²) in [6.45, 7) is 4.57. The Bertz CT molecular complexity index is 288. The van der Waals surface area contributed by atoms with Gasteiger partial charge in [-0.25, -0.2) is 4.79 Å². The summed E-state index contributed by atoms with van der Waals surface area (Å²) in [6, 6.07) is 3.24. The lowest BCUT2D eigenvalue weighted by atomic mass is 10.2. The monoisotopic (exact) mass is 168 g/mol. The summed E-state index contributed by atoms with van der Waals surface area (Å²) in [5, 5.41) is 0. The fourth-order valence-corrected chi connectivity index (χ4v) is 0.717. The molecule has 0 aliphatic rings. The van der Waals surface area contributed by atoms with Gasteiger partial charge in [0.2, 0.25) is 5.75 Å². The molecule has 1 heterocycles. The molecule has 1 rings (SSSR count). The van der Waals surface area contributed by atoms with Gasteiger partial charge in [0.15, 0.2) is 0 Å². The molecule has 0 radical (unpaired) electrons. The molecule has 0 spiro atoms. The predicted octanol–water partition coefficient (Wildman–Crippen LogP) is 1.67. The molecule has 0 aliphatic carbocycles. The molecule has 0 aromatic carbocycles. The van der Waals surface area contributed by atoms with Crippen LogP contribution in [0.5, 0.6) is 5.75 Å². The van der Waals surface area contributed by atoms with Crippen molar-refractivity contribution >= 4 is 0 Å². The molecular formula is C9H12O3. The van der Waals surface area contributed by atoms with Crippen LogP contribution in [0.3, 0.4) is 0 Å². The molecule has 0 fully saturated rings. The van der Waals surface area contributed by atoms with Crippen LogP contribution in [0.25, 0.3) is 0 Å². The Hall–Kier alpha value is -1.25. The van der Waals surface area contributed by atoms with Gasteiger partial charge in [-0.2, -0.15) is 0 Å². The standard InChI is InChI=1S/C9H12O3/c1-7(2)6-12-8-4-3-5-11-9(8)10/h3-5,7H,6H2,1-2H3. The zero-order valence-electron chi connectivity index (χ0n) is 7.24. The van der Waals surface area contributed by atoms with Gasteiger partial charge in [-0.05, 0) is 18.1 Å². The van der Waals surface area contributed by atoms with Gasteiger partial charge < -0.3 is 9.15 Å². The third-order valence-electron chi connectivity index (χ3n) is 1.27. The van der Waals surface area contributed by atoms with Crippen molar-refractivity contribution in [3.63, 3.8) is 0 Å². The third-order valence-corrected chi connectivity index (χ3v) is 1.27. The minimum atomic E-state index is -0.418. The first kappa shape index (κ1) is 8.84. The molecule has 0 saturated carbocycles. The van der Waals surface area contributed by atoms with E-state index in [0.29, 0.717) is 12.5 Å². The SMILES string of the molecule is CC(C)COc1cccoc1=O. The number of rotatable bonds is 3. The maximum absolute atomic E-state index is 10.9. The predicted molar refractivity (Wildman–Crippen MR) is 45.3 cm³/mol. The molecule has 0 N–H and O–H groups in total. The average molecular weight is 168 g/mol. The van der Waals surface area contributed by atoms with Crippen LogP contribution in [-0.2, 0) is 0 Å². The summed E-state index contributed by atoms with van der Waals surface area (Å²) in [4.78, 5) is 10.9. The number of hydrogen-bond acceptors (Lipinski definition) is 3. The van der Waals surface area contributed by atoms with Crippen molar-refractivity contribution < 1.29 is 9.15 Å². The highest BCUT2D eigenvalue weighted by molar-refractivity contribution is 5.13. The topological polar surface area (TPSA) is 39.4 Å². The van der Waals surface area contributed by atoms with Crippen molar-refractivity contribution in [1.29, 1.82) is 0 Å². The highest BCUT2D eigenvalue weighted by atomic mass is 16.5. The first-order chi connectivity index (χ1) is 5.70. The molecule has 0 amide bonds. The second kappa shape index (κ2) is 3.95. The second-order valence-electron chi connectivity index (χ2n) is 2.97. The molecule has 0 saturated heterocycles. The van der Waals surface area contributed by atoms with Crippen molar-refractivity contribution in [2.75, 3.05) is 6.61 Å². The van der Waals surface area contributed by atoms with Gasteiger partial charge in [-0.3, -0.25) is 0 Å². The van der Waals surface area contributed by atoms with Crippen LogP contribution in [0.1, 0.15) is 13.8 Å². The fourth-order valence-electron chi connectivity index (χ4n) is 0.717. The Balaban J connectivity index is 2.64. The Morgan fingerprint density at radius 1 is 1.58 bits per heavy atom. The van der Waals surface area contributed by atoms with Crippen LogP contribution < -0.4 is 10.4 Å². The zero-order valence-corrected chi connectivity index (χ0v) is 7.24. The van der Waals surface area contributed by atoms with Crippen molar-refractivity contribution in [1.82, 2.24) is 0 Å². The Labute approximate surface area is 71.0 Å². The molecular weight excluding hydrogens is 156 g/mol. The fraction of sp³-hybridized carbons (Fsp3) is 0.444. The van der Waals surface area contributed by atoms with Crippen LogP contribution in [0.2, 0.25) is 0 Å². The first-order valence-electron chi connectivity index (χ1n) is 3.91. The Kier molecular flexibility index (Phi) is 2.91.